The van der Waals surface area contributed by atoms with Crippen molar-refractivity contribution in [1.82, 2.24) is 42.5 Å². The third-order valence-electron chi connectivity index (χ3n) is 21.9. The number of aliphatic carboxylic acids is 2. The standard InChI is InChI=1S/C85H86Cl2N8O29/c1-3-4-5-6-7-22-117-42-15-10-36(11-16-42)33-89-67-70(103)72(105)75(83(115)116)124-84(67)123-74-56-27-40-28-57(74)120-53-21-14-39(25-48(53)86)68(101)66-81(112)94-65(82(113)114)46-29-41(97)30-55(121-85-73(106)71(104)69(102)58(34-96)122-85)59(46)45-24-37(12-19-50(45)98)62(78(109)95-66)91-79(110)63(40)92-80(111)64-47-31-44(32-52(100)60(47)87)119-54-26-38(13-20-51(54)99)61(88-2)77(108)90-49(76(107)93-64)23-35-8-17-43(118-56)18-9-35/h8-21,24-32,49,58,61-73,75,84-85,88-89,96-106H,3-7,22-23,33-34H2,1-2H3,(H,90,108)(H,91,110)(H,92,111)(H,93,107)(H,94,112)(H,95,109)(H,113,114)(H,115,116)/t49-,58-,61-,62-,63-,64+,65+,66?,67?,68-,69-,70-,71+,72?,73+,75?,84-,85+/m1/s1. The Morgan fingerprint density at radius 1 is 0.532 bits per heavy atom. The molecule has 18 atom stereocenters. The van der Waals surface area contributed by atoms with Crippen LogP contribution in [0, 0.1) is 0 Å². The van der Waals surface area contributed by atoms with Crippen LogP contribution in [0.15, 0.2) is 140 Å². The van der Waals surface area contributed by atoms with E-state index in [2.05, 4.69) is 49.5 Å². The fourth-order valence-corrected chi connectivity index (χ4v) is 15.7. The zero-order valence-corrected chi connectivity index (χ0v) is 67.1. The lowest BCUT2D eigenvalue weighted by Gasteiger charge is -2.41. The van der Waals surface area contributed by atoms with Gasteiger partial charge in [-0.05, 0) is 132 Å². The molecule has 16 rings (SSSR count). The molecule has 39 heteroatoms. The van der Waals surface area contributed by atoms with Crippen LogP contribution in [0.3, 0.4) is 0 Å². The van der Waals surface area contributed by atoms with E-state index in [-0.39, 0.29) is 34.9 Å². The summed E-state index contributed by atoms with van der Waals surface area (Å²) < 4.78 is 50.3. The monoisotopic (exact) mass is 1750 g/mol. The summed E-state index contributed by atoms with van der Waals surface area (Å²) in [6.07, 6.45) is -16.3. The fraction of sp³-hybridized carbons (Fsp3) is 0.341. The normalized spacial score (nSPS) is 26.2. The molecule has 0 spiro atoms. The lowest BCUT2D eigenvalue weighted by atomic mass is 9.89. The largest absolute Gasteiger partial charge is 0.508 e. The molecule has 8 aliphatic heterocycles. The Kier molecular flexibility index (Phi) is 26.5. The van der Waals surface area contributed by atoms with Gasteiger partial charge in [0.05, 0.1) is 29.3 Å². The Bertz CT molecular complexity index is 5420. The van der Waals surface area contributed by atoms with Crippen LogP contribution in [-0.2, 0) is 60.8 Å². The molecule has 0 aliphatic carbocycles. The van der Waals surface area contributed by atoms with Crippen LogP contribution in [-0.4, -0.2) is 207 Å². The van der Waals surface area contributed by atoms with Gasteiger partial charge in [0.2, 0.25) is 53.8 Å². The number of amides is 6. The molecule has 6 amide bonds. The number of phenolic OH excluding ortho intramolecular Hbond substituents is 4. The van der Waals surface area contributed by atoms with Crippen molar-refractivity contribution in [2.45, 2.75) is 162 Å². The highest BCUT2D eigenvalue weighted by Gasteiger charge is 2.51. The molecule has 0 aromatic heterocycles. The number of aliphatic hydroxyl groups excluding tert-OH is 7. The first-order valence-electron chi connectivity index (χ1n) is 39.3. The molecule has 2 fully saturated rings. The molecule has 8 heterocycles. The molecule has 124 heavy (non-hydrogen) atoms. The molecule has 17 bridgehead atoms. The van der Waals surface area contributed by atoms with E-state index in [1.807, 2.05) is 0 Å². The number of aliphatic hydroxyl groups is 7. The first kappa shape index (κ1) is 88.0. The molecule has 4 unspecified atom stereocenters. The van der Waals surface area contributed by atoms with Crippen LogP contribution >= 0.6 is 23.2 Å². The second-order valence-corrected chi connectivity index (χ2v) is 31.0. The number of phenols is 4. The highest BCUT2D eigenvalue weighted by molar-refractivity contribution is 6.33. The van der Waals surface area contributed by atoms with E-state index in [1.54, 1.807) is 24.3 Å². The number of hydrogen-bond donors (Lipinski definition) is 21. The van der Waals surface area contributed by atoms with Gasteiger partial charge < -0.3 is 147 Å². The first-order chi connectivity index (χ1) is 59.4. The predicted octanol–water partition coefficient (Wildman–Crippen LogP) is 4.43. The average Bonchev–Trinajstić information content (AvgIpc) is 0.762. The van der Waals surface area contributed by atoms with Gasteiger partial charge in [-0.1, -0.05) is 98.3 Å². The van der Waals surface area contributed by atoms with Crippen molar-refractivity contribution in [3.8, 4) is 85.9 Å². The van der Waals surface area contributed by atoms with Gasteiger partial charge in [0.25, 0.3) is 0 Å². The molecule has 21 N–H and O–H groups in total. The molecule has 654 valence electrons. The lowest BCUT2D eigenvalue weighted by molar-refractivity contribution is -0.277. The average molecular weight is 1750 g/mol. The van der Waals surface area contributed by atoms with E-state index in [1.165, 1.54) is 49.5 Å². The van der Waals surface area contributed by atoms with E-state index in [4.69, 9.17) is 61.1 Å². The smallest absolute Gasteiger partial charge is 0.335 e. The van der Waals surface area contributed by atoms with Crippen molar-refractivity contribution in [3.05, 3.63) is 194 Å². The van der Waals surface area contributed by atoms with E-state index >= 15 is 24.0 Å². The third kappa shape index (κ3) is 18.6. The van der Waals surface area contributed by atoms with Crippen molar-refractivity contribution in [2.24, 2.45) is 0 Å². The number of fused-ring (bicyclic) bond motifs is 14. The lowest BCUT2D eigenvalue weighted by Crippen LogP contribution is -2.65. The van der Waals surface area contributed by atoms with E-state index < -0.39 is 265 Å². The van der Waals surface area contributed by atoms with Crippen LogP contribution in [0.1, 0.15) is 120 Å². The summed E-state index contributed by atoms with van der Waals surface area (Å²) >= 11 is 14.2. The third-order valence-corrected chi connectivity index (χ3v) is 22.6. The quantitative estimate of drug-likeness (QED) is 0.0528. The summed E-state index contributed by atoms with van der Waals surface area (Å²) in [6, 6.07) is 11.9. The van der Waals surface area contributed by atoms with Crippen molar-refractivity contribution in [2.75, 3.05) is 20.3 Å². The van der Waals surface area contributed by atoms with E-state index in [0.29, 0.717) is 23.5 Å². The maximum atomic E-state index is 16.7. The second kappa shape index (κ2) is 37.4. The Morgan fingerprint density at radius 3 is 1.90 bits per heavy atom. The number of ether oxygens (including phenoxy) is 8. The van der Waals surface area contributed by atoms with Gasteiger partial charge in [-0.3, -0.25) is 28.8 Å². The van der Waals surface area contributed by atoms with Gasteiger partial charge in [-0.25, -0.2) is 9.59 Å². The Hall–Kier alpha value is -12.3. The number of carbonyl (C=O) groups is 8. The van der Waals surface area contributed by atoms with Gasteiger partial charge in [0.15, 0.2) is 35.1 Å². The molecule has 0 saturated carbocycles. The van der Waals surface area contributed by atoms with Gasteiger partial charge in [-0.2, -0.15) is 0 Å². The second-order valence-electron chi connectivity index (χ2n) is 30.3. The summed E-state index contributed by atoms with van der Waals surface area (Å²) in [5, 5.41) is 168. The minimum Gasteiger partial charge on any atom is -0.508 e. The van der Waals surface area contributed by atoms with Gasteiger partial charge in [-0.15, -0.1) is 0 Å². The van der Waals surface area contributed by atoms with Crippen LogP contribution < -0.4 is 71.0 Å². The maximum absolute atomic E-state index is 16.7. The molecule has 8 aromatic rings. The summed E-state index contributed by atoms with van der Waals surface area (Å²) in [7, 11) is 1.43. The number of carbonyl (C=O) groups excluding carboxylic acids is 6. The molecule has 2 saturated heterocycles. The van der Waals surface area contributed by atoms with E-state index in [0.717, 1.165) is 105 Å². The summed E-state index contributed by atoms with van der Waals surface area (Å²) in [5.41, 5.74) is -2.60. The van der Waals surface area contributed by atoms with Crippen molar-refractivity contribution in [1.29, 1.82) is 0 Å². The number of hydrogen-bond acceptors (Lipinski definition) is 29. The van der Waals surface area contributed by atoms with Crippen LogP contribution in [0.25, 0.3) is 11.1 Å². The topological polar surface area (TPSA) is 570 Å². The summed E-state index contributed by atoms with van der Waals surface area (Å²) in [6.45, 7) is 1.43. The molecule has 37 nitrogen and oxygen atoms in total. The zero-order valence-electron chi connectivity index (χ0n) is 65.6. The SMILES string of the molecule is CCCCCCCOc1ccc(CNC2[C@H](Oc3c4cc5cc3Oc3ccc(cc3Cl)[C@@H](O)C3NC(=O)[C@H](NC(=O)[C@@H]5NC(=O)[C@H]5NC(=O)[C@@H](Cc6ccc(cc6)O4)NC(=O)[C@H](NC)c4ccc(O)c(c4)Oc4cc(O)c(Cl)c5c4)c4ccc(O)c(c4)-c4c(O[C@H]5O[C@H](CO)[C@@H](O)[C@H](O)[C@@H]5O)cc(O)cc4[C@@H](C(=O)O)NC3=O)OC(C(=O)O)C(O)[C@@H]2O)cc1. The number of nitrogens with one attached hydrogen (secondary N) is 8. The number of halogens is 2. The zero-order chi connectivity index (χ0) is 88.4. The Labute approximate surface area is 714 Å². The number of carboxylic acids is 2. The summed E-state index contributed by atoms with van der Waals surface area (Å²) in [5.74, 6) is -17.8. The number of carboxylic acid groups (broad SMARTS) is 2. The number of rotatable bonds is 18. The van der Waals surface area contributed by atoms with Gasteiger partial charge in [0.1, 0.15) is 125 Å². The number of aromatic hydroxyl groups is 4. The molecular weight excluding hydrogens is 1670 g/mol. The number of unbranched alkanes of at least 4 members (excludes halogenated alkanes) is 4. The minimum atomic E-state index is -2.44. The minimum absolute atomic E-state index is 0.122. The van der Waals surface area contributed by atoms with Crippen molar-refractivity contribution in [3.63, 3.8) is 0 Å². The summed E-state index contributed by atoms with van der Waals surface area (Å²) in [4.78, 5) is 122. The number of likely N-dealkylation sites (N-methyl/N-ethyl adjacent to an activating group) is 1. The first-order valence-corrected chi connectivity index (χ1v) is 40.0. The maximum Gasteiger partial charge on any atom is 0.335 e. The van der Waals surface area contributed by atoms with Crippen LogP contribution in [0.5, 0.6) is 74.7 Å². The molecule has 8 aliphatic rings. The predicted molar refractivity (Wildman–Crippen MR) is 431 cm³/mol. The Balaban J connectivity index is 0.984. The van der Waals surface area contributed by atoms with Gasteiger partial charge >= 0.3 is 11.9 Å². The number of benzene rings is 8. The van der Waals surface area contributed by atoms with Crippen LogP contribution in [0.2, 0.25) is 10.0 Å². The van der Waals surface area contributed by atoms with Gasteiger partial charge in [0, 0.05) is 47.4 Å². The molecule has 8 aromatic carbocycles. The van der Waals surface area contributed by atoms with E-state index in [9.17, 15) is 80.8 Å². The van der Waals surface area contributed by atoms with Crippen molar-refractivity contribution < 1.29 is 143 Å². The Morgan fingerprint density at radius 2 is 1.19 bits per heavy atom. The fourth-order valence-electron chi connectivity index (χ4n) is 15.3. The molecule has 0 radical (unpaired) electrons. The molecular formula is C85H86Cl2N8O29. The van der Waals surface area contributed by atoms with Crippen LogP contribution in [0.4, 0.5) is 0 Å². The van der Waals surface area contributed by atoms with Crippen molar-refractivity contribution >= 4 is 70.6 Å². The highest BCUT2D eigenvalue weighted by Crippen LogP contribution is 2.51. The highest BCUT2D eigenvalue weighted by atomic mass is 35.5.